The summed E-state index contributed by atoms with van der Waals surface area (Å²) in [5, 5.41) is 3.30. The fourth-order valence-corrected chi connectivity index (χ4v) is 3.11. The number of carbonyl (C=O) groups is 1. The molecule has 1 aromatic rings. The SMILES string of the molecule is O=C1COCC2(CCNCC2)N1Cc1ccccc1F. The average molecular weight is 278 g/mol. The zero-order valence-electron chi connectivity index (χ0n) is 11.4. The quantitative estimate of drug-likeness (QED) is 0.887. The first kappa shape index (κ1) is 13.5. The first-order chi connectivity index (χ1) is 9.71. The Kier molecular flexibility index (Phi) is 3.72. The zero-order valence-corrected chi connectivity index (χ0v) is 11.4. The molecule has 108 valence electrons. The summed E-state index contributed by atoms with van der Waals surface area (Å²) in [6.07, 6.45) is 1.71. The minimum absolute atomic E-state index is 0.0404. The molecule has 0 unspecified atom stereocenters. The summed E-state index contributed by atoms with van der Waals surface area (Å²) in [6, 6.07) is 6.65. The Balaban J connectivity index is 1.87. The second-order valence-corrected chi connectivity index (χ2v) is 5.54. The van der Waals surface area contributed by atoms with Gasteiger partial charge in [-0.1, -0.05) is 18.2 Å². The maximum atomic E-state index is 13.8. The molecule has 0 atom stereocenters. The Morgan fingerprint density at radius 2 is 2.05 bits per heavy atom. The number of amides is 1. The maximum Gasteiger partial charge on any atom is 0.249 e. The van der Waals surface area contributed by atoms with Crippen molar-refractivity contribution < 1.29 is 13.9 Å². The highest BCUT2D eigenvalue weighted by atomic mass is 19.1. The number of halogens is 1. The molecule has 3 rings (SSSR count). The van der Waals surface area contributed by atoms with Crippen LogP contribution in [-0.2, 0) is 16.1 Å². The van der Waals surface area contributed by atoms with Crippen molar-refractivity contribution in [1.29, 1.82) is 0 Å². The number of piperidine rings is 1. The molecule has 5 heteroatoms. The molecule has 1 N–H and O–H groups in total. The van der Waals surface area contributed by atoms with E-state index in [-0.39, 0.29) is 23.9 Å². The molecular weight excluding hydrogens is 259 g/mol. The lowest BCUT2D eigenvalue weighted by atomic mass is 9.85. The summed E-state index contributed by atoms with van der Waals surface area (Å²) in [6.45, 7) is 2.71. The van der Waals surface area contributed by atoms with Crippen LogP contribution in [0.3, 0.4) is 0 Å². The van der Waals surface area contributed by atoms with E-state index in [0.717, 1.165) is 25.9 Å². The van der Waals surface area contributed by atoms with Crippen molar-refractivity contribution in [2.75, 3.05) is 26.3 Å². The largest absolute Gasteiger partial charge is 0.369 e. The average Bonchev–Trinajstić information content (AvgIpc) is 2.46. The van der Waals surface area contributed by atoms with Crippen LogP contribution in [0.15, 0.2) is 24.3 Å². The molecular formula is C15H19FN2O2. The molecule has 0 radical (unpaired) electrons. The van der Waals surface area contributed by atoms with Crippen molar-refractivity contribution in [3.63, 3.8) is 0 Å². The second-order valence-electron chi connectivity index (χ2n) is 5.54. The summed E-state index contributed by atoms with van der Waals surface area (Å²) < 4.78 is 19.3. The van der Waals surface area contributed by atoms with Gasteiger partial charge in [0.25, 0.3) is 0 Å². The Hall–Kier alpha value is -1.46. The smallest absolute Gasteiger partial charge is 0.249 e. The van der Waals surface area contributed by atoms with Gasteiger partial charge in [-0.3, -0.25) is 4.79 Å². The van der Waals surface area contributed by atoms with Crippen molar-refractivity contribution in [2.24, 2.45) is 0 Å². The number of ether oxygens (including phenoxy) is 1. The molecule has 1 amide bonds. The third-order valence-corrected chi connectivity index (χ3v) is 4.29. The maximum absolute atomic E-state index is 13.8. The topological polar surface area (TPSA) is 41.6 Å². The van der Waals surface area contributed by atoms with Crippen LogP contribution >= 0.6 is 0 Å². The van der Waals surface area contributed by atoms with Gasteiger partial charge in [-0.05, 0) is 32.0 Å². The van der Waals surface area contributed by atoms with Gasteiger partial charge >= 0.3 is 0 Å². The molecule has 1 aromatic carbocycles. The first-order valence-corrected chi connectivity index (χ1v) is 7.04. The Morgan fingerprint density at radius 1 is 1.30 bits per heavy atom. The normalized spacial score (nSPS) is 22.2. The van der Waals surface area contributed by atoms with Gasteiger partial charge in [-0.15, -0.1) is 0 Å². The number of nitrogens with one attached hydrogen (secondary N) is 1. The van der Waals surface area contributed by atoms with Gasteiger partial charge in [0, 0.05) is 12.1 Å². The number of carbonyl (C=O) groups excluding carboxylic acids is 1. The molecule has 0 saturated carbocycles. The number of hydrogen-bond donors (Lipinski definition) is 1. The lowest BCUT2D eigenvalue weighted by molar-refractivity contribution is -0.162. The third-order valence-electron chi connectivity index (χ3n) is 4.29. The third kappa shape index (κ3) is 2.43. The number of nitrogens with zero attached hydrogens (tertiary/aromatic N) is 1. The van der Waals surface area contributed by atoms with E-state index in [0.29, 0.717) is 18.7 Å². The number of hydrogen-bond acceptors (Lipinski definition) is 3. The summed E-state index contributed by atoms with van der Waals surface area (Å²) in [4.78, 5) is 14.1. The molecule has 0 bridgehead atoms. The van der Waals surface area contributed by atoms with E-state index >= 15 is 0 Å². The Morgan fingerprint density at radius 3 is 2.80 bits per heavy atom. The molecule has 2 aliphatic heterocycles. The van der Waals surface area contributed by atoms with Gasteiger partial charge in [0.15, 0.2) is 0 Å². The van der Waals surface area contributed by atoms with E-state index in [1.165, 1.54) is 6.07 Å². The van der Waals surface area contributed by atoms with Gasteiger partial charge in [0.2, 0.25) is 5.91 Å². The van der Waals surface area contributed by atoms with E-state index in [4.69, 9.17) is 4.74 Å². The minimum Gasteiger partial charge on any atom is -0.369 e. The van der Waals surface area contributed by atoms with Crippen molar-refractivity contribution in [3.8, 4) is 0 Å². The van der Waals surface area contributed by atoms with Crippen LogP contribution in [0.5, 0.6) is 0 Å². The number of morpholine rings is 1. The van der Waals surface area contributed by atoms with Crippen LogP contribution in [0.4, 0.5) is 4.39 Å². The van der Waals surface area contributed by atoms with E-state index in [2.05, 4.69) is 5.32 Å². The molecule has 4 nitrogen and oxygen atoms in total. The van der Waals surface area contributed by atoms with Crippen LogP contribution in [0.25, 0.3) is 0 Å². The highest BCUT2D eigenvalue weighted by Crippen LogP contribution is 2.31. The van der Waals surface area contributed by atoms with E-state index < -0.39 is 0 Å². The van der Waals surface area contributed by atoms with Gasteiger partial charge in [0.1, 0.15) is 12.4 Å². The van der Waals surface area contributed by atoms with Crippen LogP contribution in [0.1, 0.15) is 18.4 Å². The molecule has 0 aliphatic carbocycles. The highest BCUT2D eigenvalue weighted by Gasteiger charge is 2.44. The van der Waals surface area contributed by atoms with Crippen LogP contribution in [-0.4, -0.2) is 42.6 Å². The fourth-order valence-electron chi connectivity index (χ4n) is 3.11. The molecule has 2 saturated heterocycles. The molecule has 2 aliphatic rings. The molecule has 0 aromatic heterocycles. The first-order valence-electron chi connectivity index (χ1n) is 7.04. The summed E-state index contributed by atoms with van der Waals surface area (Å²) in [5.74, 6) is -0.294. The van der Waals surface area contributed by atoms with Gasteiger partial charge in [0.05, 0.1) is 12.1 Å². The Bertz CT molecular complexity index is 495. The second kappa shape index (κ2) is 5.50. The summed E-state index contributed by atoms with van der Waals surface area (Å²) >= 11 is 0. The van der Waals surface area contributed by atoms with Gasteiger partial charge in [-0.2, -0.15) is 0 Å². The predicted molar refractivity (Wildman–Crippen MR) is 72.6 cm³/mol. The van der Waals surface area contributed by atoms with E-state index in [9.17, 15) is 9.18 Å². The number of rotatable bonds is 2. The van der Waals surface area contributed by atoms with Crippen LogP contribution < -0.4 is 5.32 Å². The lowest BCUT2D eigenvalue weighted by Gasteiger charge is -2.49. The van der Waals surface area contributed by atoms with Crippen molar-refractivity contribution >= 4 is 5.91 Å². The summed E-state index contributed by atoms with van der Waals surface area (Å²) in [5.41, 5.74) is 0.295. The Labute approximate surface area is 117 Å². The fraction of sp³-hybridized carbons (Fsp3) is 0.533. The molecule has 1 spiro atoms. The van der Waals surface area contributed by atoms with Crippen molar-refractivity contribution in [2.45, 2.75) is 24.9 Å². The molecule has 2 fully saturated rings. The highest BCUT2D eigenvalue weighted by molar-refractivity contribution is 5.79. The van der Waals surface area contributed by atoms with Crippen LogP contribution in [0, 0.1) is 5.82 Å². The van der Waals surface area contributed by atoms with Crippen LogP contribution in [0.2, 0.25) is 0 Å². The van der Waals surface area contributed by atoms with E-state index in [1.54, 1.807) is 18.2 Å². The molecule has 2 heterocycles. The van der Waals surface area contributed by atoms with Gasteiger partial charge in [-0.25, -0.2) is 4.39 Å². The minimum atomic E-state index is -0.275. The van der Waals surface area contributed by atoms with Gasteiger partial charge < -0.3 is 15.0 Å². The standard InChI is InChI=1S/C15H19FN2O2/c16-13-4-2-1-3-12(13)9-18-14(19)10-20-11-15(18)5-7-17-8-6-15/h1-4,17H,5-11H2. The van der Waals surface area contributed by atoms with Crippen molar-refractivity contribution in [3.05, 3.63) is 35.6 Å². The summed E-state index contributed by atoms with van der Waals surface area (Å²) in [7, 11) is 0. The molecule has 20 heavy (non-hydrogen) atoms. The number of benzene rings is 1. The monoisotopic (exact) mass is 278 g/mol. The predicted octanol–water partition coefficient (Wildman–Crippen LogP) is 1.31. The van der Waals surface area contributed by atoms with E-state index in [1.807, 2.05) is 4.90 Å². The lowest BCUT2D eigenvalue weighted by Crippen LogP contribution is -2.62. The van der Waals surface area contributed by atoms with Crippen molar-refractivity contribution in [1.82, 2.24) is 10.2 Å². The zero-order chi connectivity index (χ0) is 14.0.